The van der Waals surface area contributed by atoms with Gasteiger partial charge >= 0.3 is 13.7 Å². The molecule has 2 fully saturated rings. The van der Waals surface area contributed by atoms with Crippen LogP contribution in [0, 0.1) is 11.8 Å². The van der Waals surface area contributed by atoms with Crippen LogP contribution in [0.4, 0.5) is 4.79 Å². The molecule has 3 amide bonds. The number of benzene rings is 3. The predicted octanol–water partition coefficient (Wildman–Crippen LogP) is 6.21. The molecule has 1 aliphatic carbocycles. The molecule has 3 aromatic rings. The Morgan fingerprint density at radius 3 is 1.82 bits per heavy atom. The van der Waals surface area contributed by atoms with Gasteiger partial charge in [0, 0.05) is 12.5 Å². The van der Waals surface area contributed by atoms with Crippen molar-refractivity contribution in [3.63, 3.8) is 0 Å². The second-order valence-corrected chi connectivity index (χ2v) is 15.2. The molecular formula is C38H48N3O8P. The van der Waals surface area contributed by atoms with Crippen LogP contribution < -0.4 is 16.0 Å². The second kappa shape index (κ2) is 18.8. The third-order valence-electron chi connectivity index (χ3n) is 9.34. The van der Waals surface area contributed by atoms with E-state index in [0.717, 1.165) is 37.7 Å². The smallest absolute Gasteiger partial charge is 0.408 e. The minimum absolute atomic E-state index is 0.0132. The highest BCUT2D eigenvalue weighted by Gasteiger charge is 2.44. The first-order chi connectivity index (χ1) is 24.3. The Hall–Kier alpha value is -4.02. The van der Waals surface area contributed by atoms with Crippen LogP contribution in [-0.4, -0.2) is 47.5 Å². The zero-order valence-corrected chi connectivity index (χ0v) is 29.2. The number of hydrogen-bond donors (Lipinski definition) is 4. The second-order valence-electron chi connectivity index (χ2n) is 13.1. The lowest BCUT2D eigenvalue weighted by molar-refractivity contribution is -0.126. The van der Waals surface area contributed by atoms with Gasteiger partial charge in [-0.15, -0.1) is 0 Å². The largest absolute Gasteiger partial charge is 0.445 e. The molecule has 12 heteroatoms. The van der Waals surface area contributed by atoms with Crippen LogP contribution in [0.5, 0.6) is 0 Å². The summed E-state index contributed by atoms with van der Waals surface area (Å²) < 4.78 is 31.9. The Morgan fingerprint density at radius 1 is 0.760 bits per heavy atom. The maximum absolute atomic E-state index is 14.6. The Bertz CT molecular complexity index is 1510. The van der Waals surface area contributed by atoms with Crippen molar-refractivity contribution < 1.29 is 37.8 Å². The minimum atomic E-state index is -4.37. The van der Waals surface area contributed by atoms with E-state index in [1.54, 1.807) is 24.3 Å². The molecule has 4 atom stereocenters. The van der Waals surface area contributed by atoms with Crippen molar-refractivity contribution in [2.24, 2.45) is 11.8 Å². The summed E-state index contributed by atoms with van der Waals surface area (Å²) in [6.07, 6.45) is 5.13. The van der Waals surface area contributed by atoms with Crippen LogP contribution in [0.3, 0.4) is 0 Å². The molecule has 1 heterocycles. The molecule has 0 spiro atoms. The summed E-state index contributed by atoms with van der Waals surface area (Å²) in [6, 6.07) is 25.2. The third kappa shape index (κ3) is 11.3. The predicted molar refractivity (Wildman–Crippen MR) is 188 cm³/mol. The molecule has 1 saturated carbocycles. The van der Waals surface area contributed by atoms with Gasteiger partial charge in [-0.3, -0.25) is 14.2 Å². The Morgan fingerprint density at radius 2 is 1.30 bits per heavy atom. The molecule has 0 aromatic heterocycles. The molecule has 268 valence electrons. The summed E-state index contributed by atoms with van der Waals surface area (Å²) in [7, 11) is -4.37. The maximum Gasteiger partial charge on any atom is 0.408 e. The van der Waals surface area contributed by atoms with E-state index < -0.39 is 43.4 Å². The summed E-state index contributed by atoms with van der Waals surface area (Å²) in [4.78, 5) is 39.8. The van der Waals surface area contributed by atoms with E-state index >= 15 is 0 Å². The van der Waals surface area contributed by atoms with Crippen molar-refractivity contribution >= 4 is 25.5 Å². The lowest BCUT2D eigenvalue weighted by Crippen LogP contribution is -2.54. The Labute approximate surface area is 294 Å². The van der Waals surface area contributed by atoms with Crippen LogP contribution in [0.15, 0.2) is 91.0 Å². The van der Waals surface area contributed by atoms with Gasteiger partial charge in [0.2, 0.25) is 11.8 Å². The number of alkyl carbamates (subject to hydrolysis) is 1. The van der Waals surface area contributed by atoms with E-state index in [2.05, 4.69) is 16.0 Å². The van der Waals surface area contributed by atoms with E-state index in [-0.39, 0.29) is 38.1 Å². The molecule has 1 aliphatic heterocycles. The van der Waals surface area contributed by atoms with Gasteiger partial charge in [-0.1, -0.05) is 123 Å². The zero-order valence-electron chi connectivity index (χ0n) is 28.3. The highest BCUT2D eigenvalue weighted by Crippen LogP contribution is 2.55. The van der Waals surface area contributed by atoms with Crippen LogP contribution in [-0.2, 0) is 47.8 Å². The number of aliphatic hydroxyl groups excluding tert-OH is 1. The Kier molecular flexibility index (Phi) is 14.0. The van der Waals surface area contributed by atoms with Crippen molar-refractivity contribution in [1.29, 1.82) is 0 Å². The van der Waals surface area contributed by atoms with Gasteiger partial charge in [-0.05, 0) is 41.9 Å². The fourth-order valence-electron chi connectivity index (χ4n) is 6.50. The first-order valence-corrected chi connectivity index (χ1v) is 19.1. The lowest BCUT2D eigenvalue weighted by atomic mass is 9.84. The van der Waals surface area contributed by atoms with Gasteiger partial charge < -0.3 is 34.8 Å². The first kappa shape index (κ1) is 37.2. The van der Waals surface area contributed by atoms with Crippen molar-refractivity contribution in [1.82, 2.24) is 16.0 Å². The minimum Gasteiger partial charge on any atom is -0.445 e. The van der Waals surface area contributed by atoms with E-state index in [4.69, 9.17) is 13.8 Å². The van der Waals surface area contributed by atoms with Crippen LogP contribution in [0.1, 0.15) is 68.1 Å². The molecule has 5 rings (SSSR count). The third-order valence-corrected chi connectivity index (χ3v) is 11.3. The first-order valence-electron chi connectivity index (χ1n) is 17.5. The molecular weight excluding hydrogens is 657 g/mol. The van der Waals surface area contributed by atoms with E-state index in [9.17, 15) is 24.1 Å². The van der Waals surface area contributed by atoms with Gasteiger partial charge in [0.25, 0.3) is 0 Å². The zero-order chi connectivity index (χ0) is 35.2. The van der Waals surface area contributed by atoms with E-state index in [1.165, 1.54) is 0 Å². The van der Waals surface area contributed by atoms with Crippen molar-refractivity contribution in [2.75, 3.05) is 6.54 Å². The van der Waals surface area contributed by atoms with Gasteiger partial charge in [0.05, 0.1) is 19.3 Å². The standard InChI is InChI=1S/C38H48N3O8P/c42-35-32(21-22-39-35)24-34(37(44)50(46,48-26-30-17-9-3-10-18-30)49-27-31-19-11-4-12-20-31)40-36(43)33(23-28-13-5-1-6-14-28)41-38(45)47-25-29-15-7-2-8-16-29/h2-4,7-12,15-20,28,32-34,37,44H,1,5-6,13-14,21-27H2,(H,39,42)(H,40,43)(H,41,45)/t32?,33-,34-,37?/m0/s1. The molecule has 0 radical (unpaired) electrons. The number of nitrogens with one attached hydrogen (secondary N) is 3. The molecule has 1 saturated heterocycles. The van der Waals surface area contributed by atoms with Gasteiger partial charge in [-0.2, -0.15) is 0 Å². The number of rotatable bonds is 17. The van der Waals surface area contributed by atoms with Gasteiger partial charge in [0.15, 0.2) is 5.85 Å². The van der Waals surface area contributed by atoms with Crippen LogP contribution in [0.25, 0.3) is 0 Å². The Balaban J connectivity index is 1.36. The molecule has 0 bridgehead atoms. The summed E-state index contributed by atoms with van der Waals surface area (Å²) in [6.45, 7) is 0.247. The number of aliphatic hydroxyl groups is 1. The quantitative estimate of drug-likeness (QED) is 0.121. The monoisotopic (exact) mass is 705 g/mol. The molecule has 11 nitrogen and oxygen atoms in total. The summed E-state index contributed by atoms with van der Waals surface area (Å²) in [5.41, 5.74) is 2.23. The molecule has 4 N–H and O–H groups in total. The average Bonchev–Trinajstić information content (AvgIpc) is 3.56. The van der Waals surface area contributed by atoms with Crippen molar-refractivity contribution in [3.8, 4) is 0 Å². The normalized spacial score (nSPS) is 18.4. The number of carbonyl (C=O) groups excluding carboxylic acids is 3. The van der Waals surface area contributed by atoms with E-state index in [0.29, 0.717) is 30.5 Å². The highest BCUT2D eigenvalue weighted by molar-refractivity contribution is 7.54. The fourth-order valence-corrected chi connectivity index (χ4v) is 8.17. The topological polar surface area (TPSA) is 152 Å². The fraction of sp³-hybridized carbons (Fsp3) is 0.447. The lowest BCUT2D eigenvalue weighted by Gasteiger charge is -2.33. The summed E-state index contributed by atoms with van der Waals surface area (Å²) >= 11 is 0. The van der Waals surface area contributed by atoms with Crippen molar-refractivity contribution in [3.05, 3.63) is 108 Å². The van der Waals surface area contributed by atoms with E-state index in [1.807, 2.05) is 66.7 Å². The van der Waals surface area contributed by atoms with Crippen LogP contribution >= 0.6 is 7.60 Å². The maximum atomic E-state index is 14.6. The molecule has 2 aliphatic rings. The number of hydrogen-bond acceptors (Lipinski definition) is 8. The summed E-state index contributed by atoms with van der Waals surface area (Å²) in [5, 5.41) is 20.3. The highest BCUT2D eigenvalue weighted by atomic mass is 31.2. The van der Waals surface area contributed by atoms with Gasteiger partial charge in [0.1, 0.15) is 12.6 Å². The van der Waals surface area contributed by atoms with Crippen molar-refractivity contribution in [2.45, 2.75) is 89.1 Å². The number of amides is 3. The molecule has 3 aromatic carbocycles. The molecule has 50 heavy (non-hydrogen) atoms. The van der Waals surface area contributed by atoms with Crippen LogP contribution in [0.2, 0.25) is 0 Å². The number of carbonyl (C=O) groups is 3. The average molecular weight is 706 g/mol. The SMILES string of the molecule is O=C(N[C@@H](CC1CCCCC1)C(=O)N[C@@H](CC1CCNC1=O)C(O)P(=O)(OCc1ccccc1)OCc1ccccc1)OCc1ccccc1. The number of ether oxygens (including phenoxy) is 1. The molecule has 2 unspecified atom stereocenters. The summed E-state index contributed by atoms with van der Waals surface area (Å²) in [5.74, 6) is -2.97. The van der Waals surface area contributed by atoms with Gasteiger partial charge in [-0.25, -0.2) is 4.79 Å².